The molecule has 0 spiro atoms. The molecule has 1 aromatic carbocycles. The third-order valence-electron chi connectivity index (χ3n) is 3.72. The number of amides is 1. The van der Waals surface area contributed by atoms with Crippen molar-refractivity contribution in [3.05, 3.63) is 28.8 Å². The number of halogens is 2. The van der Waals surface area contributed by atoms with E-state index in [0.717, 1.165) is 0 Å². The van der Waals surface area contributed by atoms with Gasteiger partial charge in [-0.25, -0.2) is 8.42 Å². The van der Waals surface area contributed by atoms with Crippen molar-refractivity contribution in [3.8, 4) is 0 Å². The minimum atomic E-state index is -3.97. The van der Waals surface area contributed by atoms with Crippen molar-refractivity contribution in [3.63, 3.8) is 0 Å². The van der Waals surface area contributed by atoms with Gasteiger partial charge >= 0.3 is 0 Å². The van der Waals surface area contributed by atoms with Gasteiger partial charge in [-0.05, 0) is 30.0 Å². The smallest absolute Gasteiger partial charge is 0.262 e. The molecule has 2 unspecified atom stereocenters. The minimum Gasteiger partial charge on any atom is -0.338 e. The lowest BCUT2D eigenvalue weighted by atomic mass is 10.0. The monoisotopic (exact) mass is 335 g/mol. The van der Waals surface area contributed by atoms with E-state index in [1.165, 1.54) is 18.2 Å². The Morgan fingerprint density at radius 2 is 1.80 bits per heavy atom. The zero-order valence-electron chi connectivity index (χ0n) is 11.1. The Labute approximate surface area is 128 Å². The molecular weight excluding hydrogens is 321 g/mol. The maximum atomic E-state index is 12.4. The summed E-state index contributed by atoms with van der Waals surface area (Å²) in [5.74, 6) is 0.671. The van der Waals surface area contributed by atoms with Gasteiger partial charge < -0.3 is 4.90 Å². The summed E-state index contributed by atoms with van der Waals surface area (Å²) in [6.07, 6.45) is 0. The molecule has 1 fully saturated rings. The molecule has 110 valence electrons. The molecule has 2 rings (SSSR count). The Morgan fingerprint density at radius 3 is 2.30 bits per heavy atom. The van der Waals surface area contributed by atoms with Crippen molar-refractivity contribution in [1.29, 1.82) is 0 Å². The molecule has 0 radical (unpaired) electrons. The summed E-state index contributed by atoms with van der Waals surface area (Å²) in [5.41, 5.74) is 0.287. The lowest BCUT2D eigenvalue weighted by molar-refractivity contribution is 0.0785. The molecule has 1 aliphatic heterocycles. The first-order chi connectivity index (χ1) is 9.20. The molecular formula is C13H15Cl2NO3S. The van der Waals surface area contributed by atoms with Crippen molar-refractivity contribution in [1.82, 2.24) is 4.90 Å². The minimum absolute atomic E-state index is 0.0136. The van der Waals surface area contributed by atoms with Crippen LogP contribution in [0.3, 0.4) is 0 Å². The fourth-order valence-electron chi connectivity index (χ4n) is 2.30. The van der Waals surface area contributed by atoms with Crippen LogP contribution in [0.15, 0.2) is 23.1 Å². The highest BCUT2D eigenvalue weighted by Gasteiger charge is 2.30. The Hall–Kier alpha value is -0.780. The standard InChI is InChI=1S/C13H15Cl2NO3S/c1-8-6-16(7-9(8)2)13(17)10-3-4-11(14)12(5-10)20(15,18)19/h3-5,8-9H,6-7H2,1-2H3. The fourth-order valence-corrected chi connectivity index (χ4v) is 3.79. The van der Waals surface area contributed by atoms with Crippen molar-refractivity contribution < 1.29 is 13.2 Å². The summed E-state index contributed by atoms with van der Waals surface area (Å²) >= 11 is 5.80. The van der Waals surface area contributed by atoms with Gasteiger partial charge in [0.2, 0.25) is 0 Å². The van der Waals surface area contributed by atoms with Gasteiger partial charge in [0.05, 0.1) is 5.02 Å². The van der Waals surface area contributed by atoms with Crippen LogP contribution in [0.2, 0.25) is 5.02 Å². The van der Waals surface area contributed by atoms with Gasteiger partial charge in [0.1, 0.15) is 4.90 Å². The lowest BCUT2D eigenvalue weighted by Gasteiger charge is -2.16. The Kier molecular flexibility index (Phi) is 4.33. The molecule has 0 aromatic heterocycles. The highest BCUT2D eigenvalue weighted by Crippen LogP contribution is 2.28. The van der Waals surface area contributed by atoms with Gasteiger partial charge in [-0.1, -0.05) is 25.4 Å². The van der Waals surface area contributed by atoms with Crippen LogP contribution in [0.25, 0.3) is 0 Å². The number of hydrogen-bond acceptors (Lipinski definition) is 3. The fraction of sp³-hybridized carbons (Fsp3) is 0.462. The van der Waals surface area contributed by atoms with E-state index in [0.29, 0.717) is 24.9 Å². The zero-order valence-corrected chi connectivity index (χ0v) is 13.5. The molecule has 1 aromatic rings. The van der Waals surface area contributed by atoms with Crippen LogP contribution < -0.4 is 0 Å². The highest BCUT2D eigenvalue weighted by atomic mass is 35.7. The summed E-state index contributed by atoms with van der Waals surface area (Å²) in [5, 5.41) is 0.0136. The Bertz CT molecular complexity index is 635. The van der Waals surface area contributed by atoms with E-state index in [1.54, 1.807) is 4.90 Å². The molecule has 0 aliphatic carbocycles. The van der Waals surface area contributed by atoms with Crippen LogP contribution in [0.4, 0.5) is 0 Å². The first kappa shape index (κ1) is 15.6. The van der Waals surface area contributed by atoms with E-state index < -0.39 is 9.05 Å². The van der Waals surface area contributed by atoms with Crippen molar-refractivity contribution >= 4 is 37.2 Å². The molecule has 20 heavy (non-hydrogen) atoms. The van der Waals surface area contributed by atoms with E-state index in [-0.39, 0.29) is 21.4 Å². The summed E-state index contributed by atoms with van der Waals surface area (Å²) in [7, 11) is 1.34. The van der Waals surface area contributed by atoms with Crippen LogP contribution in [-0.4, -0.2) is 32.3 Å². The number of nitrogens with zero attached hydrogens (tertiary/aromatic N) is 1. The Morgan fingerprint density at radius 1 is 1.25 bits per heavy atom. The van der Waals surface area contributed by atoms with Crippen molar-refractivity contribution in [2.24, 2.45) is 11.8 Å². The van der Waals surface area contributed by atoms with E-state index in [9.17, 15) is 13.2 Å². The van der Waals surface area contributed by atoms with Gasteiger partial charge in [-0.2, -0.15) is 0 Å². The first-order valence-corrected chi connectivity index (χ1v) is 8.92. The SMILES string of the molecule is CC1CN(C(=O)c2ccc(Cl)c(S(=O)(=O)Cl)c2)CC1C. The van der Waals surface area contributed by atoms with Crippen LogP contribution in [0, 0.1) is 11.8 Å². The molecule has 4 nitrogen and oxygen atoms in total. The van der Waals surface area contributed by atoms with Crippen LogP contribution in [0.1, 0.15) is 24.2 Å². The number of carbonyl (C=O) groups is 1. The lowest BCUT2D eigenvalue weighted by Crippen LogP contribution is -2.28. The topological polar surface area (TPSA) is 54.5 Å². The molecule has 1 saturated heterocycles. The predicted molar refractivity (Wildman–Crippen MR) is 78.7 cm³/mol. The normalized spacial score (nSPS) is 23.1. The van der Waals surface area contributed by atoms with Gasteiger partial charge in [-0.15, -0.1) is 0 Å². The molecule has 1 heterocycles. The second kappa shape index (κ2) is 5.54. The summed E-state index contributed by atoms with van der Waals surface area (Å²) in [4.78, 5) is 13.9. The van der Waals surface area contributed by atoms with Crippen LogP contribution in [0.5, 0.6) is 0 Å². The maximum absolute atomic E-state index is 12.4. The van der Waals surface area contributed by atoms with E-state index in [2.05, 4.69) is 13.8 Å². The summed E-state index contributed by atoms with van der Waals surface area (Å²) in [6.45, 7) is 5.53. The molecule has 2 atom stereocenters. The first-order valence-electron chi connectivity index (χ1n) is 6.23. The van der Waals surface area contributed by atoms with Crippen molar-refractivity contribution in [2.45, 2.75) is 18.7 Å². The number of likely N-dealkylation sites (tertiary alicyclic amines) is 1. The average Bonchev–Trinajstić information content (AvgIpc) is 2.68. The van der Waals surface area contributed by atoms with Crippen LogP contribution in [-0.2, 0) is 9.05 Å². The predicted octanol–water partition coefficient (Wildman–Crippen LogP) is 3.00. The highest BCUT2D eigenvalue weighted by molar-refractivity contribution is 8.13. The molecule has 0 N–H and O–H groups in total. The molecule has 1 amide bonds. The zero-order chi connectivity index (χ0) is 15.1. The van der Waals surface area contributed by atoms with Gasteiger partial charge in [-0.3, -0.25) is 4.79 Å². The van der Waals surface area contributed by atoms with E-state index >= 15 is 0 Å². The third kappa shape index (κ3) is 3.10. The second-order valence-corrected chi connectivity index (χ2v) is 8.19. The van der Waals surface area contributed by atoms with Crippen molar-refractivity contribution in [2.75, 3.05) is 13.1 Å². The number of rotatable bonds is 2. The summed E-state index contributed by atoms with van der Waals surface area (Å²) in [6, 6.07) is 4.14. The van der Waals surface area contributed by atoms with E-state index in [1.807, 2.05) is 0 Å². The molecule has 0 bridgehead atoms. The van der Waals surface area contributed by atoms with Gasteiger partial charge in [0.25, 0.3) is 15.0 Å². The van der Waals surface area contributed by atoms with Gasteiger partial charge in [0.15, 0.2) is 0 Å². The van der Waals surface area contributed by atoms with E-state index in [4.69, 9.17) is 22.3 Å². The third-order valence-corrected chi connectivity index (χ3v) is 5.52. The second-order valence-electron chi connectivity index (χ2n) is 5.25. The maximum Gasteiger partial charge on any atom is 0.262 e. The molecule has 1 aliphatic rings. The number of carbonyl (C=O) groups excluding carboxylic acids is 1. The largest absolute Gasteiger partial charge is 0.338 e. The Balaban J connectivity index is 2.33. The number of benzene rings is 1. The van der Waals surface area contributed by atoms with Gasteiger partial charge in [0, 0.05) is 29.3 Å². The molecule has 0 saturated carbocycles. The average molecular weight is 336 g/mol. The quantitative estimate of drug-likeness (QED) is 0.780. The van der Waals surface area contributed by atoms with Crippen LogP contribution >= 0.6 is 22.3 Å². The number of hydrogen-bond donors (Lipinski definition) is 0. The molecule has 7 heteroatoms. The summed E-state index contributed by atoms with van der Waals surface area (Å²) < 4.78 is 22.8.